The molecular weight excluding hydrogens is 190 g/mol. The zero-order chi connectivity index (χ0) is 10.8. The summed E-state index contributed by atoms with van der Waals surface area (Å²) in [5.41, 5.74) is 2.30. The molecule has 5 nitrogen and oxygen atoms in total. The molecular formula is C10H15N5. The van der Waals surface area contributed by atoms with E-state index in [9.17, 15) is 0 Å². The Morgan fingerprint density at radius 1 is 1.40 bits per heavy atom. The number of nitrogens with zero attached hydrogens (tertiary/aromatic N) is 4. The van der Waals surface area contributed by atoms with E-state index in [1.54, 1.807) is 4.68 Å². The first-order chi connectivity index (χ1) is 7.15. The molecule has 0 fully saturated rings. The van der Waals surface area contributed by atoms with Gasteiger partial charge in [-0.05, 0) is 6.92 Å². The minimum absolute atomic E-state index is 0.754. The largest absolute Gasteiger partial charge is 0.364 e. The first-order valence-corrected chi connectivity index (χ1v) is 4.87. The van der Waals surface area contributed by atoms with Crippen molar-refractivity contribution in [2.24, 2.45) is 14.1 Å². The fourth-order valence-electron chi connectivity index (χ4n) is 1.40. The first-order valence-electron chi connectivity index (χ1n) is 4.87. The molecule has 0 radical (unpaired) electrons. The Morgan fingerprint density at radius 3 is 2.73 bits per heavy atom. The molecule has 0 aliphatic carbocycles. The van der Waals surface area contributed by atoms with Gasteiger partial charge in [0.25, 0.3) is 0 Å². The Labute approximate surface area is 88.7 Å². The maximum atomic E-state index is 4.31. The molecule has 2 heterocycles. The van der Waals surface area contributed by atoms with E-state index in [1.807, 2.05) is 44.2 Å². The van der Waals surface area contributed by atoms with Gasteiger partial charge in [-0.25, -0.2) is 0 Å². The van der Waals surface area contributed by atoms with Crippen molar-refractivity contribution >= 4 is 5.82 Å². The lowest BCUT2D eigenvalue weighted by Gasteiger charge is -1.98. The Kier molecular flexibility index (Phi) is 2.45. The van der Waals surface area contributed by atoms with Gasteiger partial charge in [-0.3, -0.25) is 9.36 Å². The third-order valence-corrected chi connectivity index (χ3v) is 2.35. The molecule has 15 heavy (non-hydrogen) atoms. The molecule has 1 N–H and O–H groups in total. The molecule has 0 atom stereocenters. The molecule has 0 saturated carbocycles. The van der Waals surface area contributed by atoms with Crippen molar-refractivity contribution in [2.45, 2.75) is 13.5 Å². The lowest BCUT2D eigenvalue weighted by atomic mass is 10.3. The van der Waals surface area contributed by atoms with Crippen LogP contribution >= 0.6 is 0 Å². The molecule has 0 aromatic carbocycles. The second kappa shape index (κ2) is 3.76. The Balaban J connectivity index is 1.99. The Morgan fingerprint density at radius 2 is 2.20 bits per heavy atom. The molecule has 0 spiro atoms. The number of anilines is 1. The van der Waals surface area contributed by atoms with E-state index in [0.29, 0.717) is 0 Å². The molecule has 80 valence electrons. The summed E-state index contributed by atoms with van der Waals surface area (Å²) in [4.78, 5) is 0. The van der Waals surface area contributed by atoms with E-state index in [0.717, 1.165) is 23.6 Å². The van der Waals surface area contributed by atoms with Crippen molar-refractivity contribution < 1.29 is 0 Å². The highest BCUT2D eigenvalue weighted by atomic mass is 15.3. The van der Waals surface area contributed by atoms with Crippen molar-refractivity contribution in [3.05, 3.63) is 29.7 Å². The molecule has 0 amide bonds. The van der Waals surface area contributed by atoms with E-state index in [1.165, 1.54) is 0 Å². The Bertz CT molecular complexity index is 435. The second-order valence-corrected chi connectivity index (χ2v) is 3.67. The van der Waals surface area contributed by atoms with Crippen molar-refractivity contribution in [3.8, 4) is 0 Å². The second-order valence-electron chi connectivity index (χ2n) is 3.67. The predicted molar refractivity (Wildman–Crippen MR) is 58.5 cm³/mol. The normalized spacial score (nSPS) is 10.6. The van der Waals surface area contributed by atoms with Gasteiger partial charge in [0.2, 0.25) is 0 Å². The topological polar surface area (TPSA) is 47.7 Å². The summed E-state index contributed by atoms with van der Waals surface area (Å²) in [7, 11) is 3.85. The maximum Gasteiger partial charge on any atom is 0.148 e. The summed E-state index contributed by atoms with van der Waals surface area (Å²) in [6.07, 6.45) is 3.84. The molecule has 0 unspecified atom stereocenters. The van der Waals surface area contributed by atoms with E-state index in [-0.39, 0.29) is 0 Å². The van der Waals surface area contributed by atoms with E-state index in [2.05, 4.69) is 15.5 Å². The van der Waals surface area contributed by atoms with Crippen molar-refractivity contribution in [1.29, 1.82) is 0 Å². The smallest absolute Gasteiger partial charge is 0.148 e. The third kappa shape index (κ3) is 2.18. The molecule has 2 aromatic rings. The quantitative estimate of drug-likeness (QED) is 0.815. The van der Waals surface area contributed by atoms with Crippen molar-refractivity contribution in [1.82, 2.24) is 19.6 Å². The Hall–Kier alpha value is -1.78. The average Bonchev–Trinajstić information content (AvgIpc) is 2.72. The third-order valence-electron chi connectivity index (χ3n) is 2.35. The highest BCUT2D eigenvalue weighted by Crippen LogP contribution is 2.08. The van der Waals surface area contributed by atoms with Gasteiger partial charge in [-0.1, -0.05) is 0 Å². The maximum absolute atomic E-state index is 4.31. The summed E-state index contributed by atoms with van der Waals surface area (Å²) in [5, 5.41) is 11.7. The van der Waals surface area contributed by atoms with Gasteiger partial charge in [0.1, 0.15) is 5.82 Å². The number of aryl methyl sites for hydroxylation is 3. The number of aromatic nitrogens is 4. The standard InChI is InChI=1S/C10H15N5/c1-8-4-10(13-15(8)3)11-5-9-6-12-14(2)7-9/h4,6-7H,5H2,1-3H3,(H,11,13). The minimum atomic E-state index is 0.754. The monoisotopic (exact) mass is 205 g/mol. The van der Waals surface area contributed by atoms with Gasteiger partial charge in [-0.15, -0.1) is 0 Å². The van der Waals surface area contributed by atoms with Crippen LogP contribution in [0.3, 0.4) is 0 Å². The molecule has 0 saturated heterocycles. The molecule has 5 heteroatoms. The average molecular weight is 205 g/mol. The van der Waals surface area contributed by atoms with Crippen LogP contribution < -0.4 is 5.32 Å². The molecule has 0 bridgehead atoms. The zero-order valence-electron chi connectivity index (χ0n) is 9.23. The van der Waals surface area contributed by atoms with Gasteiger partial charge in [0.15, 0.2) is 0 Å². The fourth-order valence-corrected chi connectivity index (χ4v) is 1.40. The van der Waals surface area contributed by atoms with E-state index in [4.69, 9.17) is 0 Å². The number of rotatable bonds is 3. The summed E-state index contributed by atoms with van der Waals surface area (Å²) in [5.74, 6) is 0.902. The molecule has 2 aromatic heterocycles. The van der Waals surface area contributed by atoms with Crippen LogP contribution in [0.25, 0.3) is 0 Å². The van der Waals surface area contributed by atoms with Crippen LogP contribution in [0.5, 0.6) is 0 Å². The van der Waals surface area contributed by atoms with Crippen LogP contribution in [0.1, 0.15) is 11.3 Å². The van der Waals surface area contributed by atoms with Crippen molar-refractivity contribution in [2.75, 3.05) is 5.32 Å². The lowest BCUT2D eigenvalue weighted by molar-refractivity contribution is 0.741. The minimum Gasteiger partial charge on any atom is -0.364 e. The summed E-state index contributed by atoms with van der Waals surface area (Å²) >= 11 is 0. The zero-order valence-corrected chi connectivity index (χ0v) is 9.23. The van der Waals surface area contributed by atoms with Crippen LogP contribution in [0.2, 0.25) is 0 Å². The summed E-state index contributed by atoms with van der Waals surface area (Å²) in [6, 6.07) is 2.02. The molecule has 0 aliphatic rings. The van der Waals surface area contributed by atoms with Gasteiger partial charge in [0.05, 0.1) is 6.20 Å². The number of hydrogen-bond donors (Lipinski definition) is 1. The van der Waals surface area contributed by atoms with Crippen LogP contribution in [-0.4, -0.2) is 19.6 Å². The number of hydrogen-bond acceptors (Lipinski definition) is 3. The summed E-state index contributed by atoms with van der Waals surface area (Å²) in [6.45, 7) is 2.78. The summed E-state index contributed by atoms with van der Waals surface area (Å²) < 4.78 is 3.65. The van der Waals surface area contributed by atoms with Crippen LogP contribution in [0, 0.1) is 6.92 Å². The fraction of sp³-hybridized carbons (Fsp3) is 0.400. The van der Waals surface area contributed by atoms with Crippen LogP contribution in [-0.2, 0) is 20.6 Å². The van der Waals surface area contributed by atoms with Crippen LogP contribution in [0.4, 0.5) is 5.82 Å². The highest BCUT2D eigenvalue weighted by Gasteiger charge is 2.01. The predicted octanol–water partition coefficient (Wildman–Crippen LogP) is 1.07. The first kappa shape index (κ1) is 9.76. The lowest BCUT2D eigenvalue weighted by Crippen LogP contribution is -2.00. The number of nitrogens with one attached hydrogen (secondary N) is 1. The van der Waals surface area contributed by atoms with Gasteiger partial charge in [0, 0.05) is 44.2 Å². The van der Waals surface area contributed by atoms with Gasteiger partial charge < -0.3 is 5.32 Å². The van der Waals surface area contributed by atoms with E-state index < -0.39 is 0 Å². The van der Waals surface area contributed by atoms with Crippen LogP contribution in [0.15, 0.2) is 18.5 Å². The van der Waals surface area contributed by atoms with Gasteiger partial charge >= 0.3 is 0 Å². The SMILES string of the molecule is Cc1cc(NCc2cnn(C)c2)nn1C. The molecule has 2 rings (SSSR count). The highest BCUT2D eigenvalue weighted by molar-refractivity contribution is 5.36. The molecule has 0 aliphatic heterocycles. The van der Waals surface area contributed by atoms with E-state index >= 15 is 0 Å². The van der Waals surface area contributed by atoms with Crippen molar-refractivity contribution in [3.63, 3.8) is 0 Å². The van der Waals surface area contributed by atoms with Gasteiger partial charge in [-0.2, -0.15) is 10.2 Å².